The Morgan fingerprint density at radius 1 is 1.39 bits per heavy atom. The van der Waals surface area contributed by atoms with E-state index in [1.807, 2.05) is 6.20 Å². The number of rotatable bonds is 8. The lowest BCUT2D eigenvalue weighted by atomic mass is 10.2. The maximum atomic E-state index is 5.73. The highest BCUT2D eigenvalue weighted by atomic mass is 28.3. The number of nitrogens with zero attached hydrogens (tertiary/aromatic N) is 2. The van der Waals surface area contributed by atoms with Gasteiger partial charge in [0.1, 0.15) is 5.82 Å². The molecule has 18 heavy (non-hydrogen) atoms. The van der Waals surface area contributed by atoms with Crippen molar-refractivity contribution in [2.45, 2.75) is 58.5 Å². The number of aromatic nitrogens is 2. The first-order chi connectivity index (χ1) is 8.45. The lowest BCUT2D eigenvalue weighted by Crippen LogP contribution is -2.39. The fourth-order valence-electron chi connectivity index (χ4n) is 1.39. The van der Waals surface area contributed by atoms with Crippen LogP contribution < -0.4 is 4.84 Å². The molecule has 0 saturated heterocycles. The van der Waals surface area contributed by atoms with E-state index >= 15 is 0 Å². The van der Waals surface area contributed by atoms with Gasteiger partial charge in [-0.25, -0.2) is 4.98 Å². The second-order valence-corrected chi connectivity index (χ2v) is 11.2. The molecule has 0 spiro atoms. The summed E-state index contributed by atoms with van der Waals surface area (Å²) < 4.78 is 7.46. The molecule has 0 radical (unpaired) electrons. The Labute approximate surface area is 111 Å². The number of aryl methyl sites for hydroxylation is 1. The lowest BCUT2D eigenvalue weighted by molar-refractivity contribution is -0.0720. The molecule has 0 saturated carbocycles. The van der Waals surface area contributed by atoms with Gasteiger partial charge in [0, 0.05) is 18.3 Å². The van der Waals surface area contributed by atoms with Gasteiger partial charge in [-0.15, -0.1) is 0 Å². The van der Waals surface area contributed by atoms with Crippen molar-refractivity contribution in [1.82, 2.24) is 9.71 Å². The Bertz CT molecular complexity index is 347. The van der Waals surface area contributed by atoms with Crippen molar-refractivity contribution in [1.29, 1.82) is 0 Å². The van der Waals surface area contributed by atoms with E-state index in [-0.39, 0.29) is 0 Å². The smallest absolute Gasteiger partial charge is 0.214 e. The number of hydrogen-bond acceptors (Lipinski definition) is 3. The predicted molar refractivity (Wildman–Crippen MR) is 76.2 cm³/mol. The molecule has 1 unspecified atom stereocenters. The third kappa shape index (κ3) is 4.82. The van der Waals surface area contributed by atoms with Crippen molar-refractivity contribution < 1.29 is 9.57 Å². The normalized spacial score (nSPS) is 13.6. The van der Waals surface area contributed by atoms with E-state index in [0.29, 0.717) is 12.5 Å². The van der Waals surface area contributed by atoms with Crippen LogP contribution in [0, 0.1) is 0 Å². The Kier molecular flexibility index (Phi) is 5.88. The number of hydrogen-bond donors (Lipinski definition) is 0. The minimum atomic E-state index is -1.24. The molecule has 104 valence electrons. The minimum Gasteiger partial charge on any atom is -0.384 e. The predicted octanol–water partition coefficient (Wildman–Crippen LogP) is 2.89. The van der Waals surface area contributed by atoms with Crippen LogP contribution in [0.3, 0.4) is 0 Å². The molecule has 5 heteroatoms. The van der Waals surface area contributed by atoms with Crippen LogP contribution >= 0.6 is 0 Å². The highest BCUT2D eigenvalue weighted by molar-refractivity contribution is 6.77. The fourth-order valence-corrected chi connectivity index (χ4v) is 1.96. The van der Waals surface area contributed by atoms with Crippen molar-refractivity contribution in [3.05, 3.63) is 18.2 Å². The zero-order chi connectivity index (χ0) is 13.6. The molecule has 0 aliphatic rings. The molecule has 0 N–H and O–H groups in total. The Morgan fingerprint density at radius 2 is 2.11 bits per heavy atom. The number of unbranched alkanes of at least 4 members (excludes halogenated alkanes) is 1. The van der Waals surface area contributed by atoms with Crippen molar-refractivity contribution in [2.24, 2.45) is 0 Å². The SMILES string of the molecule is CCCCc1nccn1OCOC(C)[Si](C)(C)C. The van der Waals surface area contributed by atoms with E-state index in [1.54, 1.807) is 10.9 Å². The average molecular weight is 270 g/mol. The van der Waals surface area contributed by atoms with Crippen LogP contribution in [0.1, 0.15) is 32.5 Å². The highest BCUT2D eigenvalue weighted by Gasteiger charge is 2.23. The van der Waals surface area contributed by atoms with Crippen LogP contribution in [0.5, 0.6) is 0 Å². The summed E-state index contributed by atoms with van der Waals surface area (Å²) in [5.41, 5.74) is 0.292. The van der Waals surface area contributed by atoms with Gasteiger partial charge in [0.15, 0.2) is 0 Å². The van der Waals surface area contributed by atoms with Crippen LogP contribution in [-0.2, 0) is 11.2 Å². The molecule has 1 heterocycles. The third-order valence-electron chi connectivity index (χ3n) is 3.16. The molecule has 0 aliphatic carbocycles. The zero-order valence-electron chi connectivity index (χ0n) is 12.3. The van der Waals surface area contributed by atoms with Gasteiger partial charge in [0.05, 0.1) is 14.3 Å². The van der Waals surface area contributed by atoms with Gasteiger partial charge in [-0.2, -0.15) is 4.73 Å². The summed E-state index contributed by atoms with van der Waals surface area (Å²) in [5.74, 6) is 0.973. The van der Waals surface area contributed by atoms with Crippen molar-refractivity contribution in [3.8, 4) is 0 Å². The quantitative estimate of drug-likeness (QED) is 0.538. The third-order valence-corrected chi connectivity index (χ3v) is 5.77. The van der Waals surface area contributed by atoms with Crippen LogP contribution in [-0.4, -0.2) is 30.3 Å². The van der Waals surface area contributed by atoms with E-state index < -0.39 is 8.07 Å². The Balaban J connectivity index is 2.37. The van der Waals surface area contributed by atoms with Crippen molar-refractivity contribution >= 4 is 8.07 Å². The van der Waals surface area contributed by atoms with Crippen LogP contribution in [0.2, 0.25) is 19.6 Å². The van der Waals surface area contributed by atoms with Crippen LogP contribution in [0.15, 0.2) is 12.4 Å². The molecule has 1 atom stereocenters. The molecule has 0 aliphatic heterocycles. The van der Waals surface area contributed by atoms with E-state index in [2.05, 4.69) is 38.5 Å². The lowest BCUT2D eigenvalue weighted by Gasteiger charge is -2.25. The summed E-state index contributed by atoms with van der Waals surface area (Å²) >= 11 is 0. The summed E-state index contributed by atoms with van der Waals surface area (Å²) in [6.45, 7) is 11.5. The van der Waals surface area contributed by atoms with Gasteiger partial charge < -0.3 is 9.57 Å². The van der Waals surface area contributed by atoms with Gasteiger partial charge in [0.25, 0.3) is 0 Å². The molecular formula is C13H26N2O2Si. The molecule has 0 fully saturated rings. The summed E-state index contributed by atoms with van der Waals surface area (Å²) in [5, 5.41) is 0. The first kappa shape index (κ1) is 15.2. The first-order valence-electron chi connectivity index (χ1n) is 6.72. The molecule has 0 bridgehead atoms. The molecule has 4 nitrogen and oxygen atoms in total. The van der Waals surface area contributed by atoms with Gasteiger partial charge >= 0.3 is 0 Å². The van der Waals surface area contributed by atoms with E-state index in [0.717, 1.165) is 25.1 Å². The monoisotopic (exact) mass is 270 g/mol. The van der Waals surface area contributed by atoms with Crippen LogP contribution in [0.4, 0.5) is 0 Å². The largest absolute Gasteiger partial charge is 0.384 e. The highest BCUT2D eigenvalue weighted by Crippen LogP contribution is 2.10. The molecule has 1 aromatic heterocycles. The molecule has 1 aromatic rings. The average Bonchev–Trinajstić information content (AvgIpc) is 2.72. The number of imidazole rings is 1. The van der Waals surface area contributed by atoms with Gasteiger partial charge in [-0.05, 0) is 13.3 Å². The second kappa shape index (κ2) is 6.94. The van der Waals surface area contributed by atoms with Gasteiger partial charge in [-0.1, -0.05) is 33.0 Å². The summed E-state index contributed by atoms with van der Waals surface area (Å²) in [6, 6.07) is 0. The van der Waals surface area contributed by atoms with Gasteiger partial charge in [0.2, 0.25) is 6.79 Å². The Hall–Kier alpha value is -0.813. The van der Waals surface area contributed by atoms with E-state index in [1.165, 1.54) is 0 Å². The van der Waals surface area contributed by atoms with Crippen molar-refractivity contribution in [3.63, 3.8) is 0 Å². The Morgan fingerprint density at radius 3 is 2.72 bits per heavy atom. The summed E-state index contributed by atoms with van der Waals surface area (Å²) in [4.78, 5) is 9.89. The molecule has 0 amide bonds. The zero-order valence-corrected chi connectivity index (χ0v) is 13.3. The summed E-state index contributed by atoms with van der Waals surface area (Å²) in [6.07, 6.45) is 6.86. The van der Waals surface area contributed by atoms with Crippen LogP contribution in [0.25, 0.3) is 0 Å². The van der Waals surface area contributed by atoms with Gasteiger partial charge in [-0.3, -0.25) is 0 Å². The minimum absolute atomic E-state index is 0.292. The molecular weight excluding hydrogens is 244 g/mol. The maximum absolute atomic E-state index is 5.73. The second-order valence-electron chi connectivity index (χ2n) is 5.69. The fraction of sp³-hybridized carbons (Fsp3) is 0.769. The topological polar surface area (TPSA) is 36.3 Å². The number of ether oxygens (including phenoxy) is 1. The van der Waals surface area contributed by atoms with Crippen molar-refractivity contribution in [2.75, 3.05) is 6.79 Å². The summed E-state index contributed by atoms with van der Waals surface area (Å²) in [7, 11) is -1.24. The first-order valence-corrected chi connectivity index (χ1v) is 10.3. The standard InChI is InChI=1S/C13H26N2O2Si/c1-6-7-8-13-14-9-10-15(13)17-11-16-12(2)18(3,4)5/h9-10,12H,6-8,11H2,1-5H3. The molecule has 1 rings (SSSR count). The molecule has 0 aromatic carbocycles. The van der Waals surface area contributed by atoms with E-state index in [4.69, 9.17) is 9.57 Å². The maximum Gasteiger partial charge on any atom is 0.214 e. The van der Waals surface area contributed by atoms with E-state index in [9.17, 15) is 0 Å².